The number of carbonyl (C=O) groups is 2. The highest BCUT2D eigenvalue weighted by atomic mass is 16.5. The molecule has 8 heteroatoms. The molecule has 0 aliphatic rings. The largest absolute Gasteiger partial charge is 0.507 e. The Bertz CT molecular complexity index is 757. The molecule has 2 rings (SSSR count). The number of benzene rings is 2. The van der Waals surface area contributed by atoms with Crippen molar-refractivity contribution in [3.05, 3.63) is 47.5 Å². The fraction of sp³-hybridized carbons (Fsp3) is 0.300. The molecule has 8 nitrogen and oxygen atoms in total. The smallest absolute Gasteiger partial charge is 0.339 e. The summed E-state index contributed by atoms with van der Waals surface area (Å²) in [7, 11) is 0. The molecular weight excluding hydrogens is 368 g/mol. The molecule has 0 unspecified atom stereocenters. The fourth-order valence-corrected chi connectivity index (χ4v) is 2.08. The van der Waals surface area contributed by atoms with Gasteiger partial charge in [-0.15, -0.1) is 0 Å². The second-order valence-electron chi connectivity index (χ2n) is 6.30. The number of phenols is 2. The molecule has 28 heavy (non-hydrogen) atoms. The lowest BCUT2D eigenvalue weighted by Crippen LogP contribution is -2.06. The van der Waals surface area contributed by atoms with Crippen molar-refractivity contribution in [2.45, 2.75) is 39.9 Å². The van der Waals surface area contributed by atoms with Gasteiger partial charge < -0.3 is 29.9 Å². The van der Waals surface area contributed by atoms with Crippen LogP contribution in [0.1, 0.15) is 48.4 Å². The van der Waals surface area contributed by atoms with Gasteiger partial charge in [-0.25, -0.2) is 9.59 Å². The standard InChI is InChI=1S/2C10H12O4/c2*1-6(2)14-7-3-4-8(10(12)13)9(11)5-7/h2*3-6,11H,1-2H3,(H,12,13). The summed E-state index contributed by atoms with van der Waals surface area (Å²) in [6.07, 6.45) is -0.0184. The molecule has 0 bridgehead atoms. The van der Waals surface area contributed by atoms with E-state index in [0.717, 1.165) is 0 Å². The molecule has 2 aromatic rings. The minimum absolute atomic E-state index is 0.00919. The maximum Gasteiger partial charge on any atom is 0.339 e. The SMILES string of the molecule is CC(C)Oc1ccc(C(=O)O)c(O)c1.CC(C)Oc1ccc(C(=O)O)c(O)c1. The second-order valence-corrected chi connectivity index (χ2v) is 6.30. The van der Waals surface area contributed by atoms with E-state index < -0.39 is 11.9 Å². The van der Waals surface area contributed by atoms with E-state index in [1.165, 1.54) is 36.4 Å². The number of carboxylic acid groups (broad SMARTS) is 2. The Morgan fingerprint density at radius 3 is 1.25 bits per heavy atom. The normalized spacial score (nSPS) is 10.2. The van der Waals surface area contributed by atoms with Gasteiger partial charge in [-0.05, 0) is 52.0 Å². The van der Waals surface area contributed by atoms with Crippen LogP contribution in [-0.4, -0.2) is 44.6 Å². The minimum Gasteiger partial charge on any atom is -0.507 e. The van der Waals surface area contributed by atoms with Crippen LogP contribution in [0.2, 0.25) is 0 Å². The molecule has 2 aromatic carbocycles. The number of carboxylic acids is 2. The first-order chi connectivity index (χ1) is 13.0. The Kier molecular flexibility index (Phi) is 8.12. The van der Waals surface area contributed by atoms with Gasteiger partial charge in [-0.2, -0.15) is 0 Å². The summed E-state index contributed by atoms with van der Waals surface area (Å²) in [5.74, 6) is -1.95. The van der Waals surface area contributed by atoms with Crippen LogP contribution in [0.4, 0.5) is 0 Å². The first-order valence-corrected chi connectivity index (χ1v) is 8.47. The number of rotatable bonds is 6. The van der Waals surface area contributed by atoms with Crippen molar-refractivity contribution in [2.24, 2.45) is 0 Å². The van der Waals surface area contributed by atoms with Crippen LogP contribution in [0, 0.1) is 0 Å². The Morgan fingerprint density at radius 2 is 1.04 bits per heavy atom. The van der Waals surface area contributed by atoms with Crippen LogP contribution in [0.15, 0.2) is 36.4 Å². The Hall–Kier alpha value is -3.42. The topological polar surface area (TPSA) is 134 Å². The molecular formula is C20H24O8. The zero-order chi connectivity index (χ0) is 21.4. The highest BCUT2D eigenvalue weighted by Gasteiger charge is 2.11. The molecule has 0 amide bonds. The van der Waals surface area contributed by atoms with Crippen molar-refractivity contribution in [2.75, 3.05) is 0 Å². The molecule has 0 aromatic heterocycles. The summed E-state index contributed by atoms with van der Waals surface area (Å²) >= 11 is 0. The quantitative estimate of drug-likeness (QED) is 0.584. The third kappa shape index (κ3) is 7.06. The van der Waals surface area contributed by atoms with E-state index in [9.17, 15) is 19.8 Å². The molecule has 152 valence electrons. The van der Waals surface area contributed by atoms with E-state index in [2.05, 4.69) is 0 Å². The number of hydrogen-bond donors (Lipinski definition) is 4. The van der Waals surface area contributed by atoms with Gasteiger partial charge in [-0.3, -0.25) is 0 Å². The molecule has 0 atom stereocenters. The summed E-state index contributed by atoms with van der Waals surface area (Å²) in [5, 5.41) is 35.9. The van der Waals surface area contributed by atoms with E-state index >= 15 is 0 Å². The number of hydrogen-bond acceptors (Lipinski definition) is 6. The van der Waals surface area contributed by atoms with Crippen LogP contribution < -0.4 is 9.47 Å². The average Bonchev–Trinajstić information content (AvgIpc) is 2.53. The molecule has 0 radical (unpaired) electrons. The van der Waals surface area contributed by atoms with Gasteiger partial charge in [0.15, 0.2) is 0 Å². The molecule has 0 saturated heterocycles. The van der Waals surface area contributed by atoms with Crippen molar-refractivity contribution < 1.29 is 39.5 Å². The lowest BCUT2D eigenvalue weighted by molar-refractivity contribution is 0.0682. The molecule has 0 saturated carbocycles. The van der Waals surface area contributed by atoms with E-state index in [4.69, 9.17) is 19.7 Å². The third-order valence-electron chi connectivity index (χ3n) is 3.14. The van der Waals surface area contributed by atoms with Gasteiger partial charge in [0.25, 0.3) is 0 Å². The first kappa shape index (κ1) is 22.6. The molecule has 4 N–H and O–H groups in total. The number of aromatic carboxylic acids is 2. The number of aromatic hydroxyl groups is 2. The second kappa shape index (κ2) is 10.1. The predicted octanol–water partition coefficient (Wildman–Crippen LogP) is 3.76. The molecule has 0 aliphatic heterocycles. The van der Waals surface area contributed by atoms with Crippen molar-refractivity contribution in [1.29, 1.82) is 0 Å². The maximum absolute atomic E-state index is 10.6. The van der Waals surface area contributed by atoms with Crippen molar-refractivity contribution in [3.8, 4) is 23.0 Å². The van der Waals surface area contributed by atoms with Gasteiger partial charge >= 0.3 is 11.9 Å². The van der Waals surface area contributed by atoms with Crippen LogP contribution in [0.3, 0.4) is 0 Å². The van der Waals surface area contributed by atoms with Crippen molar-refractivity contribution in [1.82, 2.24) is 0 Å². The third-order valence-corrected chi connectivity index (χ3v) is 3.14. The fourth-order valence-electron chi connectivity index (χ4n) is 2.08. The van der Waals surface area contributed by atoms with Gasteiger partial charge in [-0.1, -0.05) is 0 Å². The van der Waals surface area contributed by atoms with Gasteiger partial charge in [0.2, 0.25) is 0 Å². The van der Waals surface area contributed by atoms with Crippen LogP contribution >= 0.6 is 0 Å². The van der Waals surface area contributed by atoms with Crippen LogP contribution in [0.25, 0.3) is 0 Å². The Balaban J connectivity index is 0.000000280. The summed E-state index contributed by atoms with van der Waals surface area (Å²) in [5.41, 5.74) is -0.248. The van der Waals surface area contributed by atoms with Gasteiger partial charge in [0.05, 0.1) is 12.2 Å². The number of ether oxygens (including phenoxy) is 2. The average molecular weight is 392 g/mol. The summed E-state index contributed by atoms with van der Waals surface area (Å²) in [6.45, 7) is 7.40. The summed E-state index contributed by atoms with van der Waals surface area (Å²) < 4.78 is 10.6. The van der Waals surface area contributed by atoms with Crippen molar-refractivity contribution in [3.63, 3.8) is 0 Å². The predicted molar refractivity (Wildman–Crippen MR) is 102 cm³/mol. The molecule has 0 fully saturated rings. The Morgan fingerprint density at radius 1 is 0.714 bits per heavy atom. The summed E-state index contributed by atoms with van der Waals surface area (Å²) in [6, 6.07) is 8.25. The minimum atomic E-state index is -1.15. The van der Waals surface area contributed by atoms with Gasteiger partial charge in [0, 0.05) is 12.1 Å². The molecule has 0 spiro atoms. The van der Waals surface area contributed by atoms with E-state index in [1.54, 1.807) is 0 Å². The zero-order valence-electron chi connectivity index (χ0n) is 16.0. The lowest BCUT2D eigenvalue weighted by atomic mass is 10.2. The van der Waals surface area contributed by atoms with Gasteiger partial charge in [0.1, 0.15) is 34.1 Å². The maximum atomic E-state index is 10.6. The van der Waals surface area contributed by atoms with E-state index in [0.29, 0.717) is 11.5 Å². The Labute approximate surface area is 162 Å². The highest BCUT2D eigenvalue weighted by molar-refractivity contribution is 5.91. The monoisotopic (exact) mass is 392 g/mol. The van der Waals surface area contributed by atoms with E-state index in [-0.39, 0.29) is 34.8 Å². The molecule has 0 heterocycles. The molecule has 0 aliphatic carbocycles. The lowest BCUT2D eigenvalue weighted by Gasteiger charge is -2.10. The van der Waals surface area contributed by atoms with E-state index in [1.807, 2.05) is 27.7 Å². The van der Waals surface area contributed by atoms with Crippen LogP contribution in [0.5, 0.6) is 23.0 Å². The zero-order valence-corrected chi connectivity index (χ0v) is 16.0. The first-order valence-electron chi connectivity index (χ1n) is 8.47. The summed E-state index contributed by atoms with van der Waals surface area (Å²) in [4.78, 5) is 21.1. The van der Waals surface area contributed by atoms with Crippen LogP contribution in [-0.2, 0) is 0 Å². The highest BCUT2D eigenvalue weighted by Crippen LogP contribution is 2.25. The van der Waals surface area contributed by atoms with Crippen molar-refractivity contribution >= 4 is 11.9 Å².